The average molecular weight is 1850 g/mol. The third-order valence-corrected chi connectivity index (χ3v) is 23.5. The Kier molecular flexibility index (Phi) is 38.8. The highest BCUT2D eigenvalue weighted by Gasteiger charge is 2.42. The number of H-pyrrole nitrogens is 1. The van der Waals surface area contributed by atoms with Gasteiger partial charge in [-0.05, 0) is 101 Å². The number of carbonyl (C=O) groups is 16. The number of aromatic amines is 1. The molecule has 0 spiro atoms. The lowest BCUT2D eigenvalue weighted by Crippen LogP contribution is -2.61. The summed E-state index contributed by atoms with van der Waals surface area (Å²) in [6.45, 7) is 6.00. The fraction of sp³-hybridized carbons (Fsp3) is 0.419. The summed E-state index contributed by atoms with van der Waals surface area (Å²) in [5.74, 6) is -19.1. The Bertz CT molecular complexity index is 5210. The van der Waals surface area contributed by atoms with Gasteiger partial charge in [-0.3, -0.25) is 76.7 Å². The van der Waals surface area contributed by atoms with E-state index in [-0.39, 0.29) is 79.4 Å². The molecule has 702 valence electrons. The third-order valence-electron chi connectivity index (χ3n) is 22.2. The molecule has 11 atom stereocenters. The number of hydrogen-bond donors (Lipinski definition) is 14. The van der Waals surface area contributed by atoms with Crippen LogP contribution in [-0.4, -0.2) is 272 Å². The smallest absolute Gasteiger partial charge is 0.305 e. The van der Waals surface area contributed by atoms with Crippen molar-refractivity contribution in [2.24, 2.45) is 17.6 Å². The number of thioether (sulfide) groups is 1. The number of nitrogens with zero attached hydrogens (tertiary/aromatic N) is 5. The van der Waals surface area contributed by atoms with Crippen molar-refractivity contribution < 1.29 is 96.4 Å². The molecule has 0 unspecified atom stereocenters. The number of benzene rings is 6. The number of carboxylic acids is 1. The van der Waals surface area contributed by atoms with Crippen LogP contribution < -0.4 is 53.6 Å². The molecule has 0 aliphatic carbocycles. The van der Waals surface area contributed by atoms with E-state index in [1.54, 1.807) is 119 Å². The van der Waals surface area contributed by atoms with Crippen molar-refractivity contribution in [2.45, 2.75) is 172 Å². The van der Waals surface area contributed by atoms with Crippen molar-refractivity contribution in [1.29, 1.82) is 0 Å². The largest absolute Gasteiger partial charge is 0.508 e. The van der Waals surface area contributed by atoms with E-state index in [1.165, 1.54) is 95.9 Å². The Morgan fingerprint density at radius 2 is 0.977 bits per heavy atom. The Morgan fingerprint density at radius 3 is 1.54 bits per heavy atom. The molecule has 38 heteroatoms. The first kappa shape index (κ1) is 103. The van der Waals surface area contributed by atoms with E-state index in [9.17, 15) is 58.1 Å². The zero-order chi connectivity index (χ0) is 96.0. The minimum atomic E-state index is -1.93. The Labute approximate surface area is 767 Å². The van der Waals surface area contributed by atoms with E-state index in [4.69, 9.17) is 17.3 Å². The maximum absolute atomic E-state index is 15.5. The molecule has 0 bridgehead atoms. The average Bonchev–Trinajstić information content (AvgIpc) is 1.80. The van der Waals surface area contributed by atoms with Gasteiger partial charge in [0, 0.05) is 96.6 Å². The monoisotopic (exact) mass is 1850 g/mol. The number of aliphatic carboxylic acids is 1. The van der Waals surface area contributed by atoms with Crippen LogP contribution in [0.5, 0.6) is 11.5 Å². The number of carbonyl (C=O) groups excluding carboxylic acids is 15. The van der Waals surface area contributed by atoms with Crippen molar-refractivity contribution in [3.05, 3.63) is 202 Å². The number of fused-ring (bicyclic) bond motifs is 1. The number of para-hydroxylation sites is 1. The number of aromatic hydroxyl groups is 2. The van der Waals surface area contributed by atoms with Gasteiger partial charge in [0.25, 0.3) is 0 Å². The summed E-state index contributed by atoms with van der Waals surface area (Å²) in [5, 5.41) is 55.0. The first-order chi connectivity index (χ1) is 62.2. The molecule has 6 aromatic carbocycles. The third kappa shape index (κ3) is 30.9. The number of primary amides is 1. The maximum Gasteiger partial charge on any atom is 0.305 e. The number of nitrogens with one attached hydrogen (secondary N) is 10. The van der Waals surface area contributed by atoms with Gasteiger partial charge in [0.2, 0.25) is 88.6 Å². The first-order valence-electron chi connectivity index (χ1n) is 42.9. The number of carboxylic acid groups (broad SMARTS) is 1. The second-order valence-corrected chi connectivity index (χ2v) is 34.8. The van der Waals surface area contributed by atoms with Crippen LogP contribution >= 0.6 is 23.4 Å². The van der Waals surface area contributed by atoms with Crippen molar-refractivity contribution in [3.63, 3.8) is 0 Å². The van der Waals surface area contributed by atoms with Crippen LogP contribution in [0.2, 0.25) is 5.02 Å². The molecule has 1 aromatic heterocycles. The lowest BCUT2D eigenvalue weighted by molar-refractivity contribution is -0.151. The lowest BCUT2D eigenvalue weighted by Gasteiger charge is -2.37. The highest BCUT2D eigenvalue weighted by molar-refractivity contribution is 8.00. The van der Waals surface area contributed by atoms with E-state index in [1.807, 2.05) is 6.92 Å². The number of aromatic nitrogens is 1. The fourth-order valence-electron chi connectivity index (χ4n) is 15.0. The van der Waals surface area contributed by atoms with Gasteiger partial charge in [-0.2, -0.15) is 0 Å². The summed E-state index contributed by atoms with van der Waals surface area (Å²) in [5.41, 5.74) is 8.63. The zero-order valence-corrected chi connectivity index (χ0v) is 76.3. The van der Waals surface area contributed by atoms with Crippen LogP contribution in [0.3, 0.4) is 0 Å². The number of unbranched alkanes of at least 4 members (excludes halogenated alkanes) is 1. The van der Waals surface area contributed by atoms with Crippen molar-refractivity contribution in [3.8, 4) is 11.5 Å². The van der Waals surface area contributed by atoms with Crippen LogP contribution in [0.15, 0.2) is 158 Å². The summed E-state index contributed by atoms with van der Waals surface area (Å²) >= 11 is 7.05. The van der Waals surface area contributed by atoms with Crippen molar-refractivity contribution >= 4 is 129 Å². The topological polar surface area (TPSA) is 500 Å². The van der Waals surface area contributed by atoms with E-state index in [0.717, 1.165) is 42.3 Å². The van der Waals surface area contributed by atoms with Gasteiger partial charge >= 0.3 is 5.97 Å². The number of rotatable bonds is 23. The van der Waals surface area contributed by atoms with Gasteiger partial charge in [-0.15, -0.1) is 11.8 Å². The summed E-state index contributed by atoms with van der Waals surface area (Å²) in [6.07, 6.45) is -0.472. The SMILES string of the molecule is CCCC[C@H]1C(=O)N(C)CC(=O)N[C@@H](CC(=O)O)C(=O)N[C@@H](C(C)C)C(=O)N(C)[C@@H](Cc2ccccc2)C(=O)N[C@@H](Cc2ccc(O)cc2)C(=O)N(C)CC(=O)N[C@@H](Cc2c[nH]c3ccccc23)C(=O)N[C@@H](Cc2ccc(O)cc2)C(=O)N[C@@H](CC(C)C)C(=O)N[C@H](C(=O)NCC(N)=O)CSCC(=O)N[C@@H](Cc2ccc(F)c(Cl)c2)C(=O)N(C)[C@@H](Cc2ccccc2)C(=O)N1C. The number of likely N-dealkylation sites (N-methyl/N-ethyl adjacent to an activating group) is 5. The molecule has 1 aliphatic heterocycles. The number of phenolic OH excluding ortho intramolecular Hbond substituents is 2. The maximum atomic E-state index is 15.5. The molecule has 0 saturated carbocycles. The van der Waals surface area contributed by atoms with Gasteiger partial charge in [-0.25, -0.2) is 4.39 Å². The Hall–Kier alpha value is -13.5. The quantitative estimate of drug-likeness (QED) is 0.0437. The minimum absolute atomic E-state index is 0.0144. The molecule has 2 heterocycles. The van der Waals surface area contributed by atoms with Crippen LogP contribution in [0.25, 0.3) is 10.9 Å². The fourth-order valence-corrected chi connectivity index (χ4v) is 16.1. The summed E-state index contributed by atoms with van der Waals surface area (Å²) in [4.78, 5) is 243. The zero-order valence-electron chi connectivity index (χ0n) is 74.7. The van der Waals surface area contributed by atoms with Gasteiger partial charge in [0.15, 0.2) is 0 Å². The predicted molar refractivity (Wildman–Crippen MR) is 487 cm³/mol. The van der Waals surface area contributed by atoms with Crippen LogP contribution in [-0.2, 0) is 115 Å². The standard InChI is InChI=1S/C93H116ClFN16O19S/c1-11-12-27-74-91(128)108(7)50-79(116)100-70(46-81(118)119)87(124)106-82(54(4)5)93(130)110(9)75(43-55-21-15-13-16-22-55)88(125)104-71(41-58-30-35-62(113)36-31-58)89(126)107(6)49-78(115)99-69(45-60-47-97-66-26-20-19-25-63(60)66)86(123)103-68(40-57-28-33-61(112)34-29-57)85(122)102-67(38-53(2)3)84(121)105-73(83(120)98-48-77(96)114)51-131-52-80(117)101-72(42-59-32-37-65(95)64(94)39-59)90(127)111(10)76(92(129)109(74)8)44-56-23-17-14-18-24-56/h13-26,28-37,39,47,53-54,67-76,82,97,112-113H,11-12,27,38,40-46,48-52H2,1-10H3,(H2,96,114)(H,98,120)(H,99,115)(H,100,116)(H,101,117)(H,102,122)(H,103,123)(H,104,125)(H,105,121)(H,106,124)(H,118,119)/t67-,68-,69-,70-,71-,72-,73-,74-,75-,76-,82-/m0/s1. The molecule has 1 saturated heterocycles. The molecule has 35 nitrogen and oxygen atoms in total. The summed E-state index contributed by atoms with van der Waals surface area (Å²) in [7, 11) is 6.36. The van der Waals surface area contributed by atoms with Gasteiger partial charge in [-0.1, -0.05) is 168 Å². The number of halogens is 2. The molecule has 8 rings (SSSR count). The molecule has 15 amide bonds. The molecule has 131 heavy (non-hydrogen) atoms. The van der Waals surface area contributed by atoms with Crippen LogP contribution in [0, 0.1) is 17.7 Å². The van der Waals surface area contributed by atoms with Crippen molar-refractivity contribution in [2.75, 3.05) is 66.4 Å². The second-order valence-electron chi connectivity index (χ2n) is 33.3. The number of amides is 15. The van der Waals surface area contributed by atoms with Gasteiger partial charge in [0.1, 0.15) is 83.8 Å². The summed E-state index contributed by atoms with van der Waals surface area (Å²) < 4.78 is 14.8. The van der Waals surface area contributed by atoms with E-state index in [2.05, 4.69) is 52.8 Å². The number of phenols is 2. The lowest BCUT2D eigenvalue weighted by atomic mass is 9.98. The molecular weight excluding hydrogens is 1730 g/mol. The molecular formula is C93H116ClFN16O19S. The first-order valence-corrected chi connectivity index (χ1v) is 44.4. The molecule has 1 aliphatic rings. The second kappa shape index (κ2) is 49.4. The molecule has 0 radical (unpaired) electrons. The number of nitrogens with two attached hydrogens (primary N) is 1. The van der Waals surface area contributed by atoms with Gasteiger partial charge in [0.05, 0.1) is 36.8 Å². The van der Waals surface area contributed by atoms with E-state index < -0.39 is 210 Å². The van der Waals surface area contributed by atoms with Crippen molar-refractivity contribution in [1.82, 2.24) is 77.3 Å². The predicted octanol–water partition coefficient (Wildman–Crippen LogP) is 3.12. The highest BCUT2D eigenvalue weighted by Crippen LogP contribution is 2.26. The van der Waals surface area contributed by atoms with Gasteiger partial charge < -0.3 is 98.4 Å². The minimum Gasteiger partial charge on any atom is -0.508 e. The summed E-state index contributed by atoms with van der Waals surface area (Å²) in [6, 6.07) is 21.3. The van der Waals surface area contributed by atoms with E-state index in [0.29, 0.717) is 51.6 Å². The van der Waals surface area contributed by atoms with Crippen LogP contribution in [0.4, 0.5) is 4.39 Å². The van der Waals surface area contributed by atoms with E-state index >= 15 is 38.4 Å². The molecule has 1 fully saturated rings. The molecule has 15 N–H and O–H groups in total. The highest BCUT2D eigenvalue weighted by atomic mass is 35.5. The van der Waals surface area contributed by atoms with Crippen LogP contribution in [0.1, 0.15) is 100 Å². The molecule has 7 aromatic rings. The normalized spacial score (nSPS) is 21.8. The number of hydrogen-bond acceptors (Lipinski definition) is 19. The Balaban J connectivity index is 1.22. The Morgan fingerprint density at radius 1 is 0.504 bits per heavy atom.